The summed E-state index contributed by atoms with van der Waals surface area (Å²) in [6.07, 6.45) is 5.09. The van der Waals surface area contributed by atoms with Gasteiger partial charge in [-0.3, -0.25) is 4.79 Å². The minimum absolute atomic E-state index is 0.0854. The van der Waals surface area contributed by atoms with Gasteiger partial charge < -0.3 is 9.88 Å². The predicted molar refractivity (Wildman–Crippen MR) is 118 cm³/mol. The molecule has 0 bridgehead atoms. The highest BCUT2D eigenvalue weighted by Crippen LogP contribution is 2.22. The molecular weight excluding hydrogens is 422 g/mol. The number of aromatic nitrogens is 1. The van der Waals surface area contributed by atoms with E-state index in [0.717, 1.165) is 35.7 Å². The highest BCUT2D eigenvalue weighted by atomic mass is 35.5. The molecule has 8 heteroatoms. The van der Waals surface area contributed by atoms with Crippen molar-refractivity contribution in [3.63, 3.8) is 0 Å². The van der Waals surface area contributed by atoms with Crippen molar-refractivity contribution < 1.29 is 13.2 Å². The number of fused-ring (bicyclic) bond motifs is 1. The van der Waals surface area contributed by atoms with Crippen molar-refractivity contribution in [3.8, 4) is 0 Å². The van der Waals surface area contributed by atoms with E-state index >= 15 is 0 Å². The SMILES string of the molecule is O=C(C(Cc1c[nH]c2ccccc12)NS(=O)(=O)c1ccc(Cl)cc1)N1CCCCC1. The Morgan fingerprint density at radius 3 is 2.50 bits per heavy atom. The number of H-pyrrole nitrogens is 1. The molecule has 4 rings (SSSR count). The van der Waals surface area contributed by atoms with Gasteiger partial charge in [-0.05, 0) is 61.6 Å². The van der Waals surface area contributed by atoms with Crippen LogP contribution in [0.4, 0.5) is 0 Å². The Balaban J connectivity index is 1.64. The molecule has 2 heterocycles. The first-order valence-corrected chi connectivity index (χ1v) is 11.9. The molecule has 30 heavy (non-hydrogen) atoms. The number of sulfonamides is 1. The van der Waals surface area contributed by atoms with Gasteiger partial charge in [-0.1, -0.05) is 29.8 Å². The van der Waals surface area contributed by atoms with Crippen LogP contribution in [0.1, 0.15) is 24.8 Å². The first-order chi connectivity index (χ1) is 14.4. The summed E-state index contributed by atoms with van der Waals surface area (Å²) in [5, 5.41) is 1.44. The lowest BCUT2D eigenvalue weighted by Gasteiger charge is -2.30. The molecule has 158 valence electrons. The minimum Gasteiger partial charge on any atom is -0.361 e. The standard InChI is InChI=1S/C22H24ClN3O3S/c23-17-8-10-18(11-9-17)30(28,29)25-21(22(27)26-12-4-1-5-13-26)14-16-15-24-20-7-3-2-6-19(16)20/h2-3,6-11,15,21,24-25H,1,4-5,12-14H2. The maximum Gasteiger partial charge on any atom is 0.241 e. The number of nitrogens with one attached hydrogen (secondary N) is 2. The van der Waals surface area contributed by atoms with Gasteiger partial charge in [0.15, 0.2) is 0 Å². The Morgan fingerprint density at radius 1 is 1.07 bits per heavy atom. The third kappa shape index (κ3) is 4.53. The van der Waals surface area contributed by atoms with Gasteiger partial charge in [0.05, 0.1) is 4.90 Å². The predicted octanol–water partition coefficient (Wildman–Crippen LogP) is 3.72. The number of para-hydroxylation sites is 1. The molecule has 0 saturated carbocycles. The highest BCUT2D eigenvalue weighted by Gasteiger charge is 2.30. The monoisotopic (exact) mass is 445 g/mol. The Hall–Kier alpha value is -2.35. The van der Waals surface area contributed by atoms with Crippen LogP contribution < -0.4 is 4.72 Å². The number of benzene rings is 2. The van der Waals surface area contributed by atoms with Crippen molar-refractivity contribution in [3.05, 3.63) is 65.3 Å². The lowest BCUT2D eigenvalue weighted by atomic mass is 10.0. The van der Waals surface area contributed by atoms with Crippen LogP contribution in [-0.4, -0.2) is 43.3 Å². The minimum atomic E-state index is -3.88. The molecule has 2 N–H and O–H groups in total. The molecule has 1 unspecified atom stereocenters. The molecule has 0 aliphatic carbocycles. The molecule has 1 aromatic heterocycles. The fourth-order valence-corrected chi connectivity index (χ4v) is 5.22. The number of amides is 1. The smallest absolute Gasteiger partial charge is 0.241 e. The second-order valence-corrected chi connectivity index (χ2v) is 9.73. The molecule has 1 amide bonds. The van der Waals surface area contributed by atoms with E-state index in [1.807, 2.05) is 30.5 Å². The number of piperidine rings is 1. The number of likely N-dealkylation sites (tertiary alicyclic amines) is 1. The zero-order valence-corrected chi connectivity index (χ0v) is 18.0. The second-order valence-electron chi connectivity index (χ2n) is 7.58. The summed E-state index contributed by atoms with van der Waals surface area (Å²) >= 11 is 5.89. The Morgan fingerprint density at radius 2 is 1.77 bits per heavy atom. The van der Waals surface area contributed by atoms with Crippen LogP contribution in [0.3, 0.4) is 0 Å². The van der Waals surface area contributed by atoms with Gasteiger partial charge in [0.1, 0.15) is 6.04 Å². The highest BCUT2D eigenvalue weighted by molar-refractivity contribution is 7.89. The number of carbonyl (C=O) groups is 1. The summed E-state index contributed by atoms with van der Waals surface area (Å²) in [5.41, 5.74) is 1.86. The molecule has 1 aliphatic heterocycles. The van der Waals surface area contributed by atoms with Crippen LogP contribution in [-0.2, 0) is 21.2 Å². The number of aromatic amines is 1. The van der Waals surface area contributed by atoms with Gasteiger partial charge in [-0.15, -0.1) is 0 Å². The lowest BCUT2D eigenvalue weighted by molar-refractivity contribution is -0.133. The Bertz CT molecular complexity index is 1140. The van der Waals surface area contributed by atoms with Crippen LogP contribution in [0.15, 0.2) is 59.6 Å². The first kappa shape index (κ1) is 20.9. The van der Waals surface area contributed by atoms with Crippen LogP contribution in [0.25, 0.3) is 10.9 Å². The van der Waals surface area contributed by atoms with Crippen molar-refractivity contribution in [2.75, 3.05) is 13.1 Å². The first-order valence-electron chi connectivity index (χ1n) is 10.1. The third-order valence-corrected chi connectivity index (χ3v) is 7.23. The number of hydrogen-bond acceptors (Lipinski definition) is 3. The number of rotatable bonds is 6. The maximum atomic E-state index is 13.3. The van der Waals surface area contributed by atoms with Gasteiger partial charge in [0, 0.05) is 35.2 Å². The van der Waals surface area contributed by atoms with Gasteiger partial charge in [-0.2, -0.15) is 4.72 Å². The summed E-state index contributed by atoms with van der Waals surface area (Å²) in [4.78, 5) is 18.3. The van der Waals surface area contributed by atoms with E-state index in [9.17, 15) is 13.2 Å². The van der Waals surface area contributed by atoms with E-state index in [1.165, 1.54) is 24.3 Å². The van der Waals surface area contributed by atoms with E-state index in [-0.39, 0.29) is 17.2 Å². The number of halogens is 1. The quantitative estimate of drug-likeness (QED) is 0.606. The summed E-state index contributed by atoms with van der Waals surface area (Å²) in [5.74, 6) is -0.183. The van der Waals surface area contributed by atoms with Crippen LogP contribution in [0, 0.1) is 0 Å². The number of nitrogens with zero attached hydrogens (tertiary/aromatic N) is 1. The summed E-state index contributed by atoms with van der Waals surface area (Å²) in [6.45, 7) is 1.32. The number of carbonyl (C=O) groups excluding carboxylic acids is 1. The van der Waals surface area contributed by atoms with Gasteiger partial charge in [0.2, 0.25) is 15.9 Å². The van der Waals surface area contributed by atoms with E-state index in [4.69, 9.17) is 11.6 Å². The fourth-order valence-electron chi connectivity index (χ4n) is 3.90. The average Bonchev–Trinajstić information content (AvgIpc) is 3.16. The maximum absolute atomic E-state index is 13.3. The topological polar surface area (TPSA) is 82.3 Å². The molecule has 1 atom stereocenters. The average molecular weight is 446 g/mol. The van der Waals surface area contributed by atoms with Crippen LogP contribution in [0.2, 0.25) is 5.02 Å². The number of hydrogen-bond donors (Lipinski definition) is 2. The van der Waals surface area contributed by atoms with E-state index < -0.39 is 16.1 Å². The van der Waals surface area contributed by atoms with Crippen LogP contribution in [0.5, 0.6) is 0 Å². The zero-order chi connectivity index (χ0) is 21.1. The van der Waals surface area contributed by atoms with Crippen molar-refractivity contribution in [1.82, 2.24) is 14.6 Å². The Kier molecular flexibility index (Phi) is 6.13. The van der Waals surface area contributed by atoms with Gasteiger partial charge >= 0.3 is 0 Å². The lowest BCUT2D eigenvalue weighted by Crippen LogP contribution is -2.50. The van der Waals surface area contributed by atoms with E-state index in [1.54, 1.807) is 4.90 Å². The molecular formula is C22H24ClN3O3S. The molecule has 0 spiro atoms. The zero-order valence-electron chi connectivity index (χ0n) is 16.5. The molecule has 2 aromatic carbocycles. The van der Waals surface area contributed by atoms with Crippen molar-refractivity contribution in [2.24, 2.45) is 0 Å². The molecule has 6 nitrogen and oxygen atoms in total. The second kappa shape index (κ2) is 8.79. The largest absolute Gasteiger partial charge is 0.361 e. The summed E-state index contributed by atoms with van der Waals surface area (Å²) < 4.78 is 28.7. The molecule has 0 radical (unpaired) electrons. The molecule has 1 aliphatic rings. The Labute approximate surface area is 181 Å². The van der Waals surface area contributed by atoms with Gasteiger partial charge in [0.25, 0.3) is 0 Å². The summed E-state index contributed by atoms with van der Waals surface area (Å²) in [6, 6.07) is 12.8. The summed E-state index contributed by atoms with van der Waals surface area (Å²) in [7, 11) is -3.88. The third-order valence-electron chi connectivity index (χ3n) is 5.49. The van der Waals surface area contributed by atoms with E-state index in [0.29, 0.717) is 18.1 Å². The molecule has 1 saturated heterocycles. The molecule has 3 aromatic rings. The van der Waals surface area contributed by atoms with Gasteiger partial charge in [-0.25, -0.2) is 8.42 Å². The molecule has 1 fully saturated rings. The van der Waals surface area contributed by atoms with Crippen LogP contribution >= 0.6 is 11.6 Å². The van der Waals surface area contributed by atoms with Crippen molar-refractivity contribution in [2.45, 2.75) is 36.6 Å². The van der Waals surface area contributed by atoms with Crippen molar-refractivity contribution >= 4 is 38.4 Å². The van der Waals surface area contributed by atoms with Crippen molar-refractivity contribution in [1.29, 1.82) is 0 Å². The fraction of sp³-hybridized carbons (Fsp3) is 0.318. The normalized spacial score (nSPS) is 16.0. The van der Waals surface area contributed by atoms with E-state index in [2.05, 4.69) is 9.71 Å².